The van der Waals surface area contributed by atoms with Gasteiger partial charge in [-0.2, -0.15) is 0 Å². The van der Waals surface area contributed by atoms with Crippen LogP contribution in [0.2, 0.25) is 0 Å². The van der Waals surface area contributed by atoms with Crippen molar-refractivity contribution in [1.82, 2.24) is 20.1 Å². The van der Waals surface area contributed by atoms with Crippen LogP contribution >= 0.6 is 11.5 Å². The standard InChI is InChI=1S/C11H11N5O3S/c17-9(18)8-3-1-2-7(6-8)4-5-12-10(19)13-11-14-15-16-20-11/h1-3,6H,4-5H2,(H,17,18)(H2,12,13,14,16,19). The van der Waals surface area contributed by atoms with Gasteiger partial charge in [-0.3, -0.25) is 5.32 Å². The normalized spacial score (nSPS) is 10.0. The van der Waals surface area contributed by atoms with Crippen molar-refractivity contribution < 1.29 is 14.7 Å². The van der Waals surface area contributed by atoms with Crippen LogP contribution in [0.25, 0.3) is 0 Å². The maximum Gasteiger partial charge on any atom is 0.335 e. The van der Waals surface area contributed by atoms with E-state index in [1.807, 2.05) is 0 Å². The number of carboxylic acid groups (broad SMARTS) is 1. The summed E-state index contributed by atoms with van der Waals surface area (Å²) in [4.78, 5) is 22.3. The van der Waals surface area contributed by atoms with Gasteiger partial charge in [-0.05, 0) is 29.3 Å². The van der Waals surface area contributed by atoms with Crippen LogP contribution in [0.3, 0.4) is 0 Å². The summed E-state index contributed by atoms with van der Waals surface area (Å²) in [7, 11) is 0. The van der Waals surface area contributed by atoms with Crippen LogP contribution in [-0.4, -0.2) is 38.5 Å². The van der Waals surface area contributed by atoms with Gasteiger partial charge >= 0.3 is 12.0 Å². The third kappa shape index (κ3) is 3.99. The summed E-state index contributed by atoms with van der Waals surface area (Å²) in [6.45, 7) is 0.376. The van der Waals surface area contributed by atoms with Gasteiger partial charge in [0.25, 0.3) is 0 Å². The average molecular weight is 293 g/mol. The van der Waals surface area contributed by atoms with Crippen molar-refractivity contribution in [2.24, 2.45) is 0 Å². The quantitative estimate of drug-likeness (QED) is 0.757. The van der Waals surface area contributed by atoms with Gasteiger partial charge in [0.05, 0.1) is 5.56 Å². The fourth-order valence-corrected chi connectivity index (χ4v) is 1.87. The van der Waals surface area contributed by atoms with E-state index in [2.05, 4.69) is 25.4 Å². The van der Waals surface area contributed by atoms with Crippen molar-refractivity contribution in [1.29, 1.82) is 0 Å². The lowest BCUT2D eigenvalue weighted by Gasteiger charge is -2.05. The summed E-state index contributed by atoms with van der Waals surface area (Å²) < 4.78 is 3.51. The summed E-state index contributed by atoms with van der Waals surface area (Å²) in [6.07, 6.45) is 0.531. The highest BCUT2D eigenvalue weighted by molar-refractivity contribution is 7.09. The van der Waals surface area contributed by atoms with Crippen molar-refractivity contribution in [2.75, 3.05) is 11.9 Å². The smallest absolute Gasteiger partial charge is 0.335 e. The molecule has 0 radical (unpaired) electrons. The van der Waals surface area contributed by atoms with Crippen LogP contribution in [-0.2, 0) is 6.42 Å². The molecule has 2 rings (SSSR count). The number of urea groups is 1. The fraction of sp³-hybridized carbons (Fsp3) is 0.182. The summed E-state index contributed by atoms with van der Waals surface area (Å²) in [5.41, 5.74) is 1.06. The number of rotatable bonds is 5. The molecule has 1 heterocycles. The van der Waals surface area contributed by atoms with E-state index in [9.17, 15) is 9.59 Å². The van der Waals surface area contributed by atoms with Crippen LogP contribution in [0.15, 0.2) is 24.3 Å². The Morgan fingerprint density at radius 1 is 1.35 bits per heavy atom. The zero-order chi connectivity index (χ0) is 14.4. The lowest BCUT2D eigenvalue weighted by atomic mass is 10.1. The Kier molecular flexibility index (Phi) is 4.56. The molecule has 0 spiro atoms. The Morgan fingerprint density at radius 2 is 2.20 bits per heavy atom. The molecule has 1 aromatic carbocycles. The molecular formula is C11H11N5O3S. The number of carboxylic acids is 1. The Balaban J connectivity index is 1.79. The molecule has 20 heavy (non-hydrogen) atoms. The topological polar surface area (TPSA) is 117 Å². The Bertz CT molecular complexity index is 602. The van der Waals surface area contributed by atoms with E-state index < -0.39 is 12.0 Å². The van der Waals surface area contributed by atoms with Crippen molar-refractivity contribution >= 4 is 28.7 Å². The highest BCUT2D eigenvalue weighted by atomic mass is 32.1. The Labute approximate surface area is 118 Å². The predicted octanol–water partition coefficient (Wildman–Crippen LogP) is 0.996. The molecule has 9 heteroatoms. The highest BCUT2D eigenvalue weighted by Crippen LogP contribution is 2.06. The fourth-order valence-electron chi connectivity index (χ4n) is 1.50. The predicted molar refractivity (Wildman–Crippen MR) is 71.8 cm³/mol. The molecule has 3 N–H and O–H groups in total. The molecule has 0 aliphatic heterocycles. The second-order valence-electron chi connectivity index (χ2n) is 3.80. The van der Waals surface area contributed by atoms with E-state index in [4.69, 9.17) is 5.11 Å². The second-order valence-corrected chi connectivity index (χ2v) is 4.54. The number of benzene rings is 1. The number of hydrogen-bond donors (Lipinski definition) is 3. The molecule has 8 nitrogen and oxygen atoms in total. The van der Waals surface area contributed by atoms with E-state index in [0.717, 1.165) is 17.1 Å². The van der Waals surface area contributed by atoms with Crippen LogP contribution < -0.4 is 10.6 Å². The maximum absolute atomic E-state index is 11.5. The molecule has 0 bridgehead atoms. The van der Waals surface area contributed by atoms with Crippen molar-refractivity contribution in [2.45, 2.75) is 6.42 Å². The molecule has 104 valence electrons. The van der Waals surface area contributed by atoms with Crippen molar-refractivity contribution in [3.63, 3.8) is 0 Å². The molecule has 0 saturated heterocycles. The van der Waals surface area contributed by atoms with Gasteiger partial charge in [0.2, 0.25) is 5.13 Å². The van der Waals surface area contributed by atoms with E-state index in [1.165, 1.54) is 6.07 Å². The van der Waals surface area contributed by atoms with Crippen LogP contribution in [0, 0.1) is 0 Å². The lowest BCUT2D eigenvalue weighted by Crippen LogP contribution is -2.30. The molecule has 0 atom stereocenters. The summed E-state index contributed by atoms with van der Waals surface area (Å²) in [5, 5.41) is 21.2. The monoisotopic (exact) mass is 293 g/mol. The number of nitrogens with zero attached hydrogens (tertiary/aromatic N) is 3. The van der Waals surface area contributed by atoms with E-state index in [1.54, 1.807) is 18.2 Å². The SMILES string of the molecule is O=C(NCCc1cccc(C(=O)O)c1)Nc1nnns1. The number of nitrogens with one attached hydrogen (secondary N) is 2. The van der Waals surface area contributed by atoms with Crippen LogP contribution in [0.1, 0.15) is 15.9 Å². The van der Waals surface area contributed by atoms with Crippen molar-refractivity contribution in [3.8, 4) is 0 Å². The molecular weight excluding hydrogens is 282 g/mol. The van der Waals surface area contributed by atoms with E-state index >= 15 is 0 Å². The molecule has 0 saturated carbocycles. The van der Waals surface area contributed by atoms with Crippen LogP contribution in [0.4, 0.5) is 9.93 Å². The van der Waals surface area contributed by atoms with Gasteiger partial charge in [0.1, 0.15) is 0 Å². The first kappa shape index (κ1) is 13.9. The lowest BCUT2D eigenvalue weighted by molar-refractivity contribution is 0.0696. The van der Waals surface area contributed by atoms with Gasteiger partial charge < -0.3 is 10.4 Å². The van der Waals surface area contributed by atoms with Crippen LogP contribution in [0.5, 0.6) is 0 Å². The summed E-state index contributed by atoms with van der Waals surface area (Å²) >= 11 is 0.977. The molecule has 0 fully saturated rings. The number of hydrogen-bond acceptors (Lipinski definition) is 6. The third-order valence-corrected chi connectivity index (χ3v) is 2.90. The third-order valence-electron chi connectivity index (χ3n) is 2.39. The first-order valence-corrected chi connectivity index (χ1v) is 6.44. The van der Waals surface area contributed by atoms with Gasteiger partial charge in [-0.1, -0.05) is 21.7 Å². The average Bonchev–Trinajstić information content (AvgIpc) is 2.92. The summed E-state index contributed by atoms with van der Waals surface area (Å²) in [6, 6.07) is 6.18. The number of carbonyl (C=O) groups excluding carboxylic acids is 1. The maximum atomic E-state index is 11.5. The first-order valence-electron chi connectivity index (χ1n) is 5.67. The van der Waals surface area contributed by atoms with Gasteiger partial charge in [-0.15, -0.1) is 0 Å². The van der Waals surface area contributed by atoms with Gasteiger partial charge in [0, 0.05) is 18.1 Å². The zero-order valence-corrected chi connectivity index (χ0v) is 11.1. The Morgan fingerprint density at radius 3 is 2.90 bits per heavy atom. The van der Waals surface area contributed by atoms with E-state index in [-0.39, 0.29) is 5.56 Å². The number of aromatic carboxylic acids is 1. The number of amides is 2. The first-order chi connectivity index (χ1) is 9.65. The number of aromatic nitrogens is 3. The number of anilines is 1. The number of carbonyl (C=O) groups is 2. The molecule has 2 amide bonds. The molecule has 0 unspecified atom stereocenters. The molecule has 2 aromatic rings. The van der Waals surface area contributed by atoms with Gasteiger partial charge in [0.15, 0.2) is 0 Å². The zero-order valence-electron chi connectivity index (χ0n) is 10.2. The van der Waals surface area contributed by atoms with Gasteiger partial charge in [-0.25, -0.2) is 9.59 Å². The molecule has 1 aromatic heterocycles. The minimum atomic E-state index is -0.971. The van der Waals surface area contributed by atoms with E-state index in [0.29, 0.717) is 18.1 Å². The summed E-state index contributed by atoms with van der Waals surface area (Å²) in [5.74, 6) is -0.971. The highest BCUT2D eigenvalue weighted by Gasteiger charge is 2.06. The minimum Gasteiger partial charge on any atom is -0.478 e. The molecule has 0 aliphatic carbocycles. The Hall–Kier alpha value is -2.55. The van der Waals surface area contributed by atoms with Crippen molar-refractivity contribution in [3.05, 3.63) is 35.4 Å². The largest absolute Gasteiger partial charge is 0.478 e. The second kappa shape index (κ2) is 6.57. The molecule has 0 aliphatic rings. The minimum absolute atomic E-state index is 0.229.